The second-order valence-electron chi connectivity index (χ2n) is 9.05. The number of fused-ring (bicyclic) bond motifs is 1. The second kappa shape index (κ2) is 11.0. The Morgan fingerprint density at radius 2 is 1.88 bits per heavy atom. The van der Waals surface area contributed by atoms with Crippen molar-refractivity contribution < 1.29 is 14.3 Å². The van der Waals surface area contributed by atoms with Crippen LogP contribution in [0, 0.1) is 0 Å². The number of amides is 2. The maximum Gasteiger partial charge on any atom is 0.309 e. The van der Waals surface area contributed by atoms with Crippen molar-refractivity contribution in [3.63, 3.8) is 0 Å². The van der Waals surface area contributed by atoms with E-state index in [0.717, 1.165) is 45.3 Å². The zero-order valence-corrected chi connectivity index (χ0v) is 19.2. The lowest BCUT2D eigenvalue weighted by Crippen LogP contribution is -2.46. The van der Waals surface area contributed by atoms with Crippen LogP contribution in [0.15, 0.2) is 29.8 Å². The maximum absolute atomic E-state index is 12.5. The van der Waals surface area contributed by atoms with Crippen LogP contribution in [0.4, 0.5) is 5.69 Å². The minimum absolute atomic E-state index is 0.0271. The Morgan fingerprint density at radius 3 is 2.66 bits per heavy atom. The van der Waals surface area contributed by atoms with E-state index in [2.05, 4.69) is 51.8 Å². The summed E-state index contributed by atoms with van der Waals surface area (Å²) in [5.74, 6) is -1.10. The van der Waals surface area contributed by atoms with Crippen molar-refractivity contribution in [3.8, 4) is 0 Å². The molecule has 7 nitrogen and oxygen atoms in total. The summed E-state index contributed by atoms with van der Waals surface area (Å²) in [5.41, 5.74) is 5.22. The summed E-state index contributed by atoms with van der Waals surface area (Å²) >= 11 is 0. The van der Waals surface area contributed by atoms with Gasteiger partial charge in [0.1, 0.15) is 0 Å². The Balaban J connectivity index is 1.34. The van der Waals surface area contributed by atoms with Crippen molar-refractivity contribution in [2.24, 2.45) is 0 Å². The average molecular weight is 441 g/mol. The third-order valence-electron chi connectivity index (χ3n) is 6.88. The first kappa shape index (κ1) is 22.8. The Bertz CT molecular complexity index is 848. The van der Waals surface area contributed by atoms with Crippen LogP contribution in [0.3, 0.4) is 0 Å². The molecule has 2 amide bonds. The number of benzene rings is 1. The van der Waals surface area contributed by atoms with Crippen LogP contribution in [0.2, 0.25) is 0 Å². The van der Waals surface area contributed by atoms with Crippen LogP contribution in [-0.2, 0) is 20.7 Å². The van der Waals surface area contributed by atoms with Crippen LogP contribution in [0.1, 0.15) is 49.3 Å². The molecule has 0 bridgehead atoms. The summed E-state index contributed by atoms with van der Waals surface area (Å²) in [6.07, 6.45) is 8.87. The lowest BCUT2D eigenvalue weighted by Gasteiger charge is -2.35. The van der Waals surface area contributed by atoms with E-state index in [0.29, 0.717) is 26.3 Å². The smallest absolute Gasteiger partial charge is 0.309 e. The van der Waals surface area contributed by atoms with Crippen LogP contribution in [0.5, 0.6) is 0 Å². The molecule has 1 aromatic rings. The van der Waals surface area contributed by atoms with Gasteiger partial charge >= 0.3 is 11.8 Å². The average Bonchev–Trinajstić information content (AvgIpc) is 3.20. The zero-order valence-electron chi connectivity index (χ0n) is 19.2. The molecule has 0 spiro atoms. The van der Waals surface area contributed by atoms with Crippen LogP contribution >= 0.6 is 0 Å². The Morgan fingerprint density at radius 1 is 1.06 bits per heavy atom. The molecule has 1 saturated heterocycles. The summed E-state index contributed by atoms with van der Waals surface area (Å²) < 4.78 is 5.53. The number of nitrogens with one attached hydrogen (secondary N) is 2. The number of hydrogen-bond donors (Lipinski definition) is 2. The number of morpholine rings is 1. The number of rotatable bonds is 7. The molecule has 32 heavy (non-hydrogen) atoms. The van der Waals surface area contributed by atoms with Gasteiger partial charge in [-0.25, -0.2) is 0 Å². The first-order valence-electron chi connectivity index (χ1n) is 12.0. The minimum atomic E-state index is -0.554. The lowest BCUT2D eigenvalue weighted by atomic mass is 9.97. The SMILES string of the molecule is CN1CCc2cc(C(CNC(=O)C(=O)NCCC3=CCCCC3)N3CCOCC3)ccc21. The maximum atomic E-state index is 12.5. The van der Waals surface area contributed by atoms with Gasteiger partial charge in [0.2, 0.25) is 0 Å². The highest BCUT2D eigenvalue weighted by Gasteiger charge is 2.26. The van der Waals surface area contributed by atoms with Crippen molar-refractivity contribution in [1.29, 1.82) is 0 Å². The van der Waals surface area contributed by atoms with Gasteiger partial charge in [0.25, 0.3) is 0 Å². The largest absolute Gasteiger partial charge is 0.379 e. The number of nitrogens with zero attached hydrogens (tertiary/aromatic N) is 2. The van der Waals surface area contributed by atoms with E-state index in [1.165, 1.54) is 35.2 Å². The van der Waals surface area contributed by atoms with Gasteiger partial charge in [0, 0.05) is 45.5 Å². The van der Waals surface area contributed by atoms with Gasteiger partial charge in [-0.3, -0.25) is 14.5 Å². The lowest BCUT2D eigenvalue weighted by molar-refractivity contribution is -0.139. The minimum Gasteiger partial charge on any atom is -0.379 e. The molecular formula is C25H36N4O3. The Kier molecular flexibility index (Phi) is 7.81. The molecule has 1 fully saturated rings. The van der Waals surface area contributed by atoms with E-state index >= 15 is 0 Å². The number of ether oxygens (including phenoxy) is 1. The van der Waals surface area contributed by atoms with Gasteiger partial charge in [-0.1, -0.05) is 23.8 Å². The van der Waals surface area contributed by atoms with Crippen molar-refractivity contribution in [2.45, 2.75) is 44.6 Å². The monoisotopic (exact) mass is 440 g/mol. The highest BCUT2D eigenvalue weighted by atomic mass is 16.5. The number of carbonyl (C=O) groups excluding carboxylic acids is 2. The molecule has 1 aromatic carbocycles. The first-order valence-corrected chi connectivity index (χ1v) is 12.0. The molecule has 0 aromatic heterocycles. The van der Waals surface area contributed by atoms with Crippen molar-refractivity contribution in [1.82, 2.24) is 15.5 Å². The number of anilines is 1. The molecule has 3 aliphatic rings. The highest BCUT2D eigenvalue weighted by Crippen LogP contribution is 2.31. The van der Waals surface area contributed by atoms with Gasteiger partial charge in [0.15, 0.2) is 0 Å². The fourth-order valence-corrected chi connectivity index (χ4v) is 4.96. The highest BCUT2D eigenvalue weighted by molar-refractivity contribution is 6.35. The molecule has 0 radical (unpaired) electrons. The third kappa shape index (κ3) is 5.70. The molecule has 7 heteroatoms. The van der Waals surface area contributed by atoms with Gasteiger partial charge < -0.3 is 20.3 Å². The molecule has 2 heterocycles. The van der Waals surface area contributed by atoms with E-state index < -0.39 is 11.8 Å². The van der Waals surface area contributed by atoms with Gasteiger partial charge in [-0.15, -0.1) is 0 Å². The first-order chi connectivity index (χ1) is 15.6. The molecule has 1 atom stereocenters. The summed E-state index contributed by atoms with van der Waals surface area (Å²) in [5, 5.41) is 5.67. The predicted octanol–water partition coefficient (Wildman–Crippen LogP) is 2.18. The fourth-order valence-electron chi connectivity index (χ4n) is 4.96. The molecular weight excluding hydrogens is 404 g/mol. The van der Waals surface area contributed by atoms with E-state index in [1.807, 2.05) is 0 Å². The van der Waals surface area contributed by atoms with Gasteiger partial charge in [-0.05, 0) is 55.7 Å². The standard InChI is InChI=1S/C25H36N4O3/c1-28-12-10-21-17-20(7-8-22(21)28)23(29-13-15-32-16-14-29)18-27-25(31)24(30)26-11-9-19-5-3-2-4-6-19/h5,7-8,17,23H,2-4,6,9-16,18H2,1H3,(H,26,30)(H,27,31). The molecule has 2 N–H and O–H groups in total. The number of hydrogen-bond acceptors (Lipinski definition) is 5. The van der Waals surface area contributed by atoms with E-state index in [9.17, 15) is 9.59 Å². The third-order valence-corrected chi connectivity index (χ3v) is 6.88. The molecule has 0 saturated carbocycles. The van der Waals surface area contributed by atoms with Crippen molar-refractivity contribution in [3.05, 3.63) is 41.0 Å². The zero-order chi connectivity index (χ0) is 22.3. The Labute approximate surface area is 191 Å². The number of carbonyl (C=O) groups is 2. The molecule has 1 aliphatic carbocycles. The quantitative estimate of drug-likeness (QED) is 0.502. The van der Waals surface area contributed by atoms with Crippen molar-refractivity contribution >= 4 is 17.5 Å². The van der Waals surface area contributed by atoms with E-state index in [-0.39, 0.29) is 6.04 Å². The summed E-state index contributed by atoms with van der Waals surface area (Å²) in [6, 6.07) is 6.63. The van der Waals surface area contributed by atoms with Crippen LogP contribution < -0.4 is 15.5 Å². The fraction of sp³-hybridized carbons (Fsp3) is 0.600. The predicted molar refractivity (Wildman–Crippen MR) is 126 cm³/mol. The number of allylic oxidation sites excluding steroid dienone is 1. The van der Waals surface area contributed by atoms with E-state index in [4.69, 9.17) is 4.74 Å². The molecule has 4 rings (SSSR count). The van der Waals surface area contributed by atoms with Gasteiger partial charge in [-0.2, -0.15) is 0 Å². The number of likely N-dealkylation sites (N-methyl/N-ethyl adjacent to an activating group) is 1. The summed E-state index contributed by atoms with van der Waals surface area (Å²) in [7, 11) is 2.12. The second-order valence-corrected chi connectivity index (χ2v) is 9.05. The Hall–Kier alpha value is -2.38. The molecule has 174 valence electrons. The summed E-state index contributed by atoms with van der Waals surface area (Å²) in [4.78, 5) is 29.4. The topological polar surface area (TPSA) is 73.9 Å². The van der Waals surface area contributed by atoms with E-state index in [1.54, 1.807) is 0 Å². The molecule has 1 unspecified atom stereocenters. The van der Waals surface area contributed by atoms with Crippen molar-refractivity contribution in [2.75, 3.05) is 57.9 Å². The van der Waals surface area contributed by atoms with Crippen LogP contribution in [0.25, 0.3) is 0 Å². The van der Waals surface area contributed by atoms with Crippen LogP contribution in [-0.4, -0.2) is 69.7 Å². The normalized spacial score (nSPS) is 19.8. The summed E-state index contributed by atoms with van der Waals surface area (Å²) in [6.45, 7) is 4.98. The molecule has 2 aliphatic heterocycles. The van der Waals surface area contributed by atoms with Gasteiger partial charge in [0.05, 0.1) is 19.3 Å².